The number of carbonyl (C=O) groups is 1. The molecule has 4 heteroatoms. The van der Waals surface area contributed by atoms with E-state index in [-0.39, 0.29) is 11.8 Å². The number of hydrogen-bond acceptors (Lipinski definition) is 2. The molecule has 10 heavy (non-hydrogen) atoms. The summed E-state index contributed by atoms with van der Waals surface area (Å²) in [4.78, 5) is 11.3. The molecule has 1 aliphatic rings. The van der Waals surface area contributed by atoms with Gasteiger partial charge in [-0.3, -0.25) is 7.91 Å². The van der Waals surface area contributed by atoms with E-state index >= 15 is 0 Å². The van der Waals surface area contributed by atoms with Crippen LogP contribution in [0.25, 0.3) is 0 Å². The highest BCUT2D eigenvalue weighted by Crippen LogP contribution is 2.18. The van der Waals surface area contributed by atoms with Crippen LogP contribution in [0.15, 0.2) is 0 Å². The molecule has 1 rings (SSSR count). The molecule has 2 nitrogen and oxygen atoms in total. The highest BCUT2D eigenvalue weighted by atomic mass is 127. The van der Waals surface area contributed by atoms with Crippen LogP contribution in [-0.4, -0.2) is 27.1 Å². The minimum Gasteiger partial charge on any atom is -0.284 e. The third kappa shape index (κ3) is 2.02. The second kappa shape index (κ2) is 3.80. The number of nitrogens with zero attached hydrogens (tertiary/aromatic N) is 1. The summed E-state index contributed by atoms with van der Waals surface area (Å²) in [5.74, 6) is 2.56. The summed E-state index contributed by atoms with van der Waals surface area (Å²) in [6, 6.07) is 0. The zero-order valence-electron chi connectivity index (χ0n) is 5.84. The van der Waals surface area contributed by atoms with Crippen LogP contribution in [0.3, 0.4) is 0 Å². The average Bonchev–Trinajstić information content (AvgIpc) is 2.04. The predicted octanol–water partition coefficient (Wildman–Crippen LogP) is 1.55. The number of hydrogen-bond donors (Lipinski definition) is 0. The van der Waals surface area contributed by atoms with Gasteiger partial charge in [0.25, 0.3) is 0 Å². The van der Waals surface area contributed by atoms with E-state index in [1.54, 1.807) is 3.11 Å². The molecule has 58 valence electrons. The number of carbonyl (C=O) groups excluding carboxylic acids is 1. The Hall–Kier alpha value is 0.550. The quantitative estimate of drug-likeness (QED) is 0.492. The van der Waals surface area contributed by atoms with Gasteiger partial charge in [0.05, 0.1) is 22.9 Å². The molecule has 0 aliphatic carbocycles. The van der Waals surface area contributed by atoms with Crippen molar-refractivity contribution in [3.63, 3.8) is 0 Å². The molecule has 0 bridgehead atoms. The van der Waals surface area contributed by atoms with Gasteiger partial charge in [-0.15, -0.1) is 0 Å². The number of halogens is 1. The van der Waals surface area contributed by atoms with Gasteiger partial charge < -0.3 is 0 Å². The maximum atomic E-state index is 11.3. The first-order chi connectivity index (χ1) is 4.72. The van der Waals surface area contributed by atoms with Crippen LogP contribution in [0, 0.1) is 5.92 Å². The van der Waals surface area contributed by atoms with Gasteiger partial charge in [-0.1, -0.05) is 6.92 Å². The van der Waals surface area contributed by atoms with Gasteiger partial charge in [0, 0.05) is 24.0 Å². The Kier molecular flexibility index (Phi) is 3.29. The van der Waals surface area contributed by atoms with Crippen molar-refractivity contribution >= 4 is 40.5 Å². The smallest absolute Gasteiger partial charge is 0.234 e. The molecular formula is C6H10INOS. The van der Waals surface area contributed by atoms with Crippen molar-refractivity contribution in [3.05, 3.63) is 0 Å². The molecule has 0 aromatic carbocycles. The molecule has 0 N–H and O–H groups in total. The Morgan fingerprint density at radius 2 is 2.50 bits per heavy atom. The Morgan fingerprint density at radius 3 is 3.20 bits per heavy atom. The van der Waals surface area contributed by atoms with Gasteiger partial charge in [0.15, 0.2) is 0 Å². The molecule has 0 aromatic heterocycles. The van der Waals surface area contributed by atoms with E-state index < -0.39 is 0 Å². The van der Waals surface area contributed by atoms with E-state index in [2.05, 4.69) is 22.9 Å². The molecule has 1 unspecified atom stereocenters. The van der Waals surface area contributed by atoms with E-state index in [0.717, 1.165) is 18.1 Å². The minimum atomic E-state index is 0.212. The zero-order valence-corrected chi connectivity index (χ0v) is 8.81. The van der Waals surface area contributed by atoms with Crippen LogP contribution in [0.1, 0.15) is 6.92 Å². The number of rotatable bonds is 0. The number of thioether (sulfide) groups is 1. The van der Waals surface area contributed by atoms with Crippen LogP contribution >= 0.6 is 34.6 Å². The van der Waals surface area contributed by atoms with Crippen LogP contribution in [0.2, 0.25) is 0 Å². The molecular weight excluding hydrogens is 261 g/mol. The minimum absolute atomic E-state index is 0.212. The van der Waals surface area contributed by atoms with Crippen molar-refractivity contribution in [2.45, 2.75) is 6.92 Å². The van der Waals surface area contributed by atoms with Crippen LogP contribution in [-0.2, 0) is 4.79 Å². The first-order valence-corrected chi connectivity index (χ1v) is 5.38. The van der Waals surface area contributed by atoms with E-state index in [9.17, 15) is 4.79 Å². The SMILES string of the molecule is CC1CSCCN(I)C1=O. The highest BCUT2D eigenvalue weighted by molar-refractivity contribution is 14.1. The fraction of sp³-hybridized carbons (Fsp3) is 0.833. The topological polar surface area (TPSA) is 20.3 Å². The molecule has 0 saturated carbocycles. The standard InChI is InChI=1S/C6H10INOS/c1-5-4-10-3-2-8(7)6(5)9/h5H,2-4H2,1H3. The number of amides is 1. The Labute approximate surface area is 79.2 Å². The molecule has 0 aromatic rings. The fourth-order valence-electron chi connectivity index (χ4n) is 0.825. The Balaban J connectivity index is 2.55. The third-order valence-corrected chi connectivity index (χ3v) is 3.63. The lowest BCUT2D eigenvalue weighted by molar-refractivity contribution is -0.127. The van der Waals surface area contributed by atoms with Gasteiger partial charge >= 0.3 is 0 Å². The maximum absolute atomic E-state index is 11.3. The first-order valence-electron chi connectivity index (χ1n) is 3.26. The van der Waals surface area contributed by atoms with Crippen molar-refractivity contribution in [1.29, 1.82) is 0 Å². The van der Waals surface area contributed by atoms with Crippen molar-refractivity contribution in [2.24, 2.45) is 5.92 Å². The molecule has 1 aliphatic heterocycles. The van der Waals surface area contributed by atoms with Gasteiger partial charge in [-0.05, 0) is 0 Å². The second-order valence-electron chi connectivity index (χ2n) is 2.40. The summed E-state index contributed by atoms with van der Waals surface area (Å²) in [5.41, 5.74) is 0. The predicted molar refractivity (Wildman–Crippen MR) is 52.2 cm³/mol. The van der Waals surface area contributed by atoms with Crippen molar-refractivity contribution < 1.29 is 4.79 Å². The molecule has 0 radical (unpaired) electrons. The summed E-state index contributed by atoms with van der Waals surface area (Å²) in [6.07, 6.45) is 0. The molecule has 0 spiro atoms. The third-order valence-electron chi connectivity index (χ3n) is 1.46. The molecule has 1 atom stereocenters. The van der Waals surface area contributed by atoms with Crippen molar-refractivity contribution in [3.8, 4) is 0 Å². The summed E-state index contributed by atoms with van der Waals surface area (Å²) in [5, 5.41) is 0. The fourth-order valence-corrected chi connectivity index (χ4v) is 2.84. The maximum Gasteiger partial charge on any atom is 0.234 e. The lowest BCUT2D eigenvalue weighted by Gasteiger charge is -2.12. The largest absolute Gasteiger partial charge is 0.284 e. The van der Waals surface area contributed by atoms with Gasteiger partial charge in [0.2, 0.25) is 5.91 Å². The summed E-state index contributed by atoms with van der Waals surface area (Å²) < 4.78 is 1.79. The highest BCUT2D eigenvalue weighted by Gasteiger charge is 2.21. The Morgan fingerprint density at radius 1 is 1.80 bits per heavy atom. The second-order valence-corrected chi connectivity index (χ2v) is 4.71. The van der Waals surface area contributed by atoms with Crippen molar-refractivity contribution in [1.82, 2.24) is 3.11 Å². The van der Waals surface area contributed by atoms with E-state index in [0.29, 0.717) is 0 Å². The summed E-state index contributed by atoms with van der Waals surface area (Å²) in [6.45, 7) is 2.89. The zero-order chi connectivity index (χ0) is 7.56. The van der Waals surface area contributed by atoms with Gasteiger partial charge in [-0.2, -0.15) is 11.8 Å². The molecule has 1 amide bonds. The summed E-state index contributed by atoms with van der Waals surface area (Å²) in [7, 11) is 0. The van der Waals surface area contributed by atoms with Gasteiger partial charge in [-0.25, -0.2) is 0 Å². The molecule has 1 saturated heterocycles. The van der Waals surface area contributed by atoms with Gasteiger partial charge in [0.1, 0.15) is 0 Å². The van der Waals surface area contributed by atoms with Crippen LogP contribution in [0.4, 0.5) is 0 Å². The van der Waals surface area contributed by atoms with Crippen LogP contribution in [0.5, 0.6) is 0 Å². The monoisotopic (exact) mass is 271 g/mol. The van der Waals surface area contributed by atoms with E-state index in [1.165, 1.54) is 0 Å². The van der Waals surface area contributed by atoms with Crippen molar-refractivity contribution in [2.75, 3.05) is 18.1 Å². The lowest BCUT2D eigenvalue weighted by Crippen LogP contribution is -2.26. The summed E-state index contributed by atoms with van der Waals surface area (Å²) >= 11 is 3.96. The normalized spacial score (nSPS) is 28.4. The Bertz CT molecular complexity index is 128. The molecule has 1 fully saturated rings. The lowest BCUT2D eigenvalue weighted by atomic mass is 10.2. The molecule has 1 heterocycles. The first kappa shape index (κ1) is 8.64. The van der Waals surface area contributed by atoms with E-state index in [1.807, 2.05) is 18.7 Å². The van der Waals surface area contributed by atoms with Crippen LogP contribution < -0.4 is 0 Å². The average molecular weight is 271 g/mol. The van der Waals surface area contributed by atoms with E-state index in [4.69, 9.17) is 0 Å².